The predicted molar refractivity (Wildman–Crippen MR) is 58.0 cm³/mol. The Labute approximate surface area is 86.4 Å². The number of nitrogens with zero attached hydrogens (tertiary/aromatic N) is 1. The Balaban J connectivity index is 2.28. The van der Waals surface area contributed by atoms with E-state index in [1.54, 1.807) is 6.92 Å². The van der Waals surface area contributed by atoms with E-state index in [2.05, 4.69) is 4.90 Å². The van der Waals surface area contributed by atoms with Gasteiger partial charge in [-0.2, -0.15) is 0 Å². The molecule has 1 unspecified atom stereocenters. The molecule has 0 aromatic carbocycles. The molecule has 0 saturated carbocycles. The first-order chi connectivity index (χ1) is 6.49. The van der Waals surface area contributed by atoms with Gasteiger partial charge in [-0.3, -0.25) is 0 Å². The average molecular weight is 220 g/mol. The monoisotopic (exact) mass is 220 g/mol. The van der Waals surface area contributed by atoms with Crippen molar-refractivity contribution < 1.29 is 8.42 Å². The van der Waals surface area contributed by atoms with Crippen LogP contribution in [0, 0.1) is 0 Å². The fourth-order valence-electron chi connectivity index (χ4n) is 1.76. The standard InChI is InChI=1S/C9H20N2O2S/c1-9(10)8-14(12,13)7-6-11-4-2-3-5-11/h9H,2-8,10H2,1H3. The highest BCUT2D eigenvalue weighted by molar-refractivity contribution is 7.91. The van der Waals surface area contributed by atoms with Crippen LogP contribution in [0.15, 0.2) is 0 Å². The maximum absolute atomic E-state index is 11.5. The molecule has 0 spiro atoms. The van der Waals surface area contributed by atoms with Gasteiger partial charge in [-0.15, -0.1) is 0 Å². The van der Waals surface area contributed by atoms with Gasteiger partial charge in [-0.25, -0.2) is 8.42 Å². The van der Waals surface area contributed by atoms with Gasteiger partial charge >= 0.3 is 0 Å². The molecule has 14 heavy (non-hydrogen) atoms. The van der Waals surface area contributed by atoms with Crippen LogP contribution in [0.5, 0.6) is 0 Å². The molecule has 5 heteroatoms. The number of hydrogen-bond acceptors (Lipinski definition) is 4. The molecule has 0 bridgehead atoms. The van der Waals surface area contributed by atoms with E-state index < -0.39 is 9.84 Å². The molecule has 0 aromatic rings. The van der Waals surface area contributed by atoms with Gasteiger partial charge in [0.05, 0.1) is 11.5 Å². The van der Waals surface area contributed by atoms with E-state index in [9.17, 15) is 8.42 Å². The Morgan fingerprint density at radius 2 is 1.93 bits per heavy atom. The minimum Gasteiger partial charge on any atom is -0.327 e. The summed E-state index contributed by atoms with van der Waals surface area (Å²) in [6.07, 6.45) is 2.40. The third-order valence-electron chi connectivity index (χ3n) is 2.43. The van der Waals surface area contributed by atoms with Gasteiger partial charge in [-0.05, 0) is 32.9 Å². The molecule has 1 rings (SSSR count). The summed E-state index contributed by atoms with van der Waals surface area (Å²) in [7, 11) is -2.93. The molecular formula is C9H20N2O2S. The third-order valence-corrected chi connectivity index (χ3v) is 4.27. The van der Waals surface area contributed by atoms with Gasteiger partial charge in [0.2, 0.25) is 0 Å². The van der Waals surface area contributed by atoms with Crippen molar-refractivity contribution in [3.8, 4) is 0 Å². The highest BCUT2D eigenvalue weighted by Gasteiger charge is 2.17. The Bertz CT molecular complexity index is 256. The molecule has 1 aliphatic heterocycles. The van der Waals surface area contributed by atoms with E-state index in [0.29, 0.717) is 6.54 Å². The number of nitrogens with two attached hydrogens (primary N) is 1. The van der Waals surface area contributed by atoms with Gasteiger partial charge in [0.1, 0.15) is 0 Å². The summed E-state index contributed by atoms with van der Waals surface area (Å²) in [6.45, 7) is 4.50. The molecule has 1 heterocycles. The van der Waals surface area contributed by atoms with Crippen LogP contribution in [0.1, 0.15) is 19.8 Å². The van der Waals surface area contributed by atoms with Gasteiger partial charge in [0.15, 0.2) is 9.84 Å². The van der Waals surface area contributed by atoms with Crippen LogP contribution in [0.2, 0.25) is 0 Å². The molecule has 0 aliphatic carbocycles. The summed E-state index contributed by atoms with van der Waals surface area (Å²) in [5.74, 6) is 0.370. The lowest BCUT2D eigenvalue weighted by molar-refractivity contribution is 0.359. The van der Waals surface area contributed by atoms with Gasteiger partial charge in [-0.1, -0.05) is 0 Å². The van der Waals surface area contributed by atoms with Crippen LogP contribution < -0.4 is 5.73 Å². The van der Waals surface area contributed by atoms with Crippen molar-refractivity contribution in [3.63, 3.8) is 0 Å². The molecule has 1 fully saturated rings. The molecule has 1 aliphatic rings. The summed E-state index contributed by atoms with van der Waals surface area (Å²) in [5.41, 5.74) is 5.47. The first-order valence-corrected chi connectivity index (χ1v) is 7.00. The number of hydrogen-bond donors (Lipinski definition) is 1. The zero-order chi connectivity index (χ0) is 10.6. The lowest BCUT2D eigenvalue weighted by atomic mass is 10.4. The molecule has 2 N–H and O–H groups in total. The van der Waals surface area contributed by atoms with Crippen LogP contribution in [0.4, 0.5) is 0 Å². The van der Waals surface area contributed by atoms with E-state index in [4.69, 9.17) is 5.73 Å². The molecule has 84 valence electrons. The van der Waals surface area contributed by atoms with E-state index in [0.717, 1.165) is 13.1 Å². The lowest BCUT2D eigenvalue weighted by Gasteiger charge is -2.14. The molecule has 0 aromatic heterocycles. The zero-order valence-corrected chi connectivity index (χ0v) is 9.59. The van der Waals surface area contributed by atoms with E-state index in [1.165, 1.54) is 12.8 Å². The van der Waals surface area contributed by atoms with Crippen molar-refractivity contribution in [1.29, 1.82) is 0 Å². The Kier molecular flexibility index (Phi) is 4.34. The Morgan fingerprint density at radius 1 is 1.36 bits per heavy atom. The SMILES string of the molecule is CC(N)CS(=O)(=O)CCN1CCCC1. The maximum Gasteiger partial charge on any atom is 0.153 e. The van der Waals surface area contributed by atoms with Crippen molar-refractivity contribution >= 4 is 9.84 Å². The minimum absolute atomic E-state index is 0.112. The van der Waals surface area contributed by atoms with Gasteiger partial charge in [0, 0.05) is 12.6 Å². The van der Waals surface area contributed by atoms with Gasteiger partial charge < -0.3 is 10.6 Å². The predicted octanol–water partition coefficient (Wildman–Crippen LogP) is -0.156. The number of sulfone groups is 1. The summed E-state index contributed by atoms with van der Waals surface area (Å²) >= 11 is 0. The topological polar surface area (TPSA) is 63.4 Å². The van der Waals surface area contributed by atoms with Crippen LogP contribution in [-0.4, -0.2) is 50.5 Å². The molecule has 1 saturated heterocycles. The second kappa shape index (κ2) is 5.09. The fraction of sp³-hybridized carbons (Fsp3) is 1.00. The minimum atomic E-state index is -2.93. The highest BCUT2D eigenvalue weighted by atomic mass is 32.2. The normalized spacial score (nSPS) is 21.3. The molecule has 4 nitrogen and oxygen atoms in total. The van der Waals surface area contributed by atoms with Crippen LogP contribution in [0.3, 0.4) is 0 Å². The highest BCUT2D eigenvalue weighted by Crippen LogP contribution is 2.07. The molecular weight excluding hydrogens is 200 g/mol. The molecule has 0 amide bonds. The van der Waals surface area contributed by atoms with E-state index in [1.807, 2.05) is 0 Å². The largest absolute Gasteiger partial charge is 0.327 e. The van der Waals surface area contributed by atoms with Crippen LogP contribution >= 0.6 is 0 Å². The maximum atomic E-state index is 11.5. The molecule has 0 radical (unpaired) electrons. The first kappa shape index (κ1) is 11.9. The van der Waals surface area contributed by atoms with Crippen molar-refractivity contribution in [1.82, 2.24) is 4.90 Å². The smallest absolute Gasteiger partial charge is 0.153 e. The summed E-state index contributed by atoms with van der Waals surface area (Å²) in [6, 6.07) is -0.251. The van der Waals surface area contributed by atoms with Gasteiger partial charge in [0.25, 0.3) is 0 Å². The summed E-state index contributed by atoms with van der Waals surface area (Å²) in [4.78, 5) is 2.21. The Morgan fingerprint density at radius 3 is 2.43 bits per heavy atom. The van der Waals surface area contributed by atoms with Crippen molar-refractivity contribution in [2.24, 2.45) is 5.73 Å². The van der Waals surface area contributed by atoms with Crippen molar-refractivity contribution in [2.75, 3.05) is 31.1 Å². The quantitative estimate of drug-likeness (QED) is 0.699. The van der Waals surface area contributed by atoms with E-state index >= 15 is 0 Å². The van der Waals surface area contributed by atoms with Crippen LogP contribution in [0.25, 0.3) is 0 Å². The average Bonchev–Trinajstić information content (AvgIpc) is 2.50. The van der Waals surface area contributed by atoms with Crippen molar-refractivity contribution in [3.05, 3.63) is 0 Å². The lowest BCUT2D eigenvalue weighted by Crippen LogP contribution is -2.32. The summed E-state index contributed by atoms with van der Waals surface area (Å²) in [5, 5.41) is 0. The molecule has 1 atom stereocenters. The van der Waals surface area contributed by atoms with Crippen LogP contribution in [-0.2, 0) is 9.84 Å². The first-order valence-electron chi connectivity index (χ1n) is 5.18. The Hall–Kier alpha value is -0.130. The van der Waals surface area contributed by atoms with Crippen molar-refractivity contribution in [2.45, 2.75) is 25.8 Å². The second-order valence-electron chi connectivity index (χ2n) is 4.14. The number of rotatable bonds is 5. The fourth-order valence-corrected chi connectivity index (χ4v) is 3.26. The second-order valence-corrected chi connectivity index (χ2v) is 6.37. The summed E-state index contributed by atoms with van der Waals surface area (Å²) < 4.78 is 23.0. The third kappa shape index (κ3) is 4.39. The zero-order valence-electron chi connectivity index (χ0n) is 8.78. The number of likely N-dealkylation sites (tertiary alicyclic amines) is 1. The van der Waals surface area contributed by atoms with E-state index in [-0.39, 0.29) is 17.5 Å².